The molecule has 0 radical (unpaired) electrons. The van der Waals surface area contributed by atoms with E-state index in [1.807, 2.05) is 6.92 Å². The second kappa shape index (κ2) is 12.3. The fourth-order valence-electron chi connectivity index (χ4n) is 2.88. The van der Waals surface area contributed by atoms with Crippen LogP contribution in [-0.4, -0.2) is 40.8 Å². The van der Waals surface area contributed by atoms with Crippen LogP contribution in [0.25, 0.3) is 0 Å². The Bertz CT molecular complexity index is 705. The Morgan fingerprint density at radius 1 is 1.13 bits per heavy atom. The van der Waals surface area contributed by atoms with Crippen molar-refractivity contribution in [1.82, 2.24) is 10.4 Å². The second-order valence-electron chi connectivity index (χ2n) is 7.27. The highest BCUT2D eigenvalue weighted by molar-refractivity contribution is 5.92. The zero-order valence-corrected chi connectivity index (χ0v) is 17.4. The molecule has 1 aromatic carbocycles. The van der Waals surface area contributed by atoms with Crippen molar-refractivity contribution in [3.05, 3.63) is 35.9 Å². The van der Waals surface area contributed by atoms with Gasteiger partial charge in [-0.25, -0.2) is 4.39 Å². The van der Waals surface area contributed by atoms with Crippen molar-refractivity contribution in [2.24, 2.45) is 5.73 Å². The number of benzene rings is 1. The minimum atomic E-state index is -3.28. The predicted octanol–water partition coefficient (Wildman–Crippen LogP) is 3.30. The van der Waals surface area contributed by atoms with Gasteiger partial charge in [0.05, 0.1) is 6.04 Å². The molecule has 0 aliphatic heterocycles. The van der Waals surface area contributed by atoms with Crippen LogP contribution in [-0.2, 0) is 20.8 Å². The Labute approximate surface area is 174 Å². The van der Waals surface area contributed by atoms with Gasteiger partial charge in [0.15, 0.2) is 0 Å². The lowest BCUT2D eigenvalue weighted by atomic mass is 10.0. The number of nitrogens with zero attached hydrogens (tertiary/aromatic N) is 1. The molecule has 2 amide bonds. The minimum absolute atomic E-state index is 0.121. The van der Waals surface area contributed by atoms with Crippen molar-refractivity contribution in [3.63, 3.8) is 0 Å². The normalized spacial score (nSPS) is 15.0. The van der Waals surface area contributed by atoms with E-state index >= 15 is 0 Å². The van der Waals surface area contributed by atoms with E-state index in [9.17, 15) is 27.6 Å². The predicted molar refractivity (Wildman–Crippen MR) is 107 cm³/mol. The average Bonchev–Trinajstić information content (AvgIpc) is 2.73. The summed E-state index contributed by atoms with van der Waals surface area (Å²) >= 11 is 0. The summed E-state index contributed by atoms with van der Waals surface area (Å²) in [5.74, 6) is -5.73. The van der Waals surface area contributed by atoms with Gasteiger partial charge in [-0.1, -0.05) is 67.9 Å². The van der Waals surface area contributed by atoms with Gasteiger partial charge in [-0.3, -0.25) is 14.4 Å². The molecular formula is C21H30F3N3O3. The summed E-state index contributed by atoms with van der Waals surface area (Å²) in [5.41, 5.74) is 6.21. The molecule has 9 heteroatoms. The first-order valence-electron chi connectivity index (χ1n) is 10.2. The topological polar surface area (TPSA) is 92.5 Å². The molecular weight excluding hydrogens is 399 g/mol. The maximum atomic E-state index is 14.9. The van der Waals surface area contributed by atoms with Crippen molar-refractivity contribution in [1.29, 1.82) is 0 Å². The number of rotatable bonds is 13. The van der Waals surface area contributed by atoms with Crippen LogP contribution in [0, 0.1) is 0 Å². The van der Waals surface area contributed by atoms with Crippen molar-refractivity contribution >= 4 is 17.9 Å². The highest BCUT2D eigenvalue weighted by Crippen LogP contribution is 2.21. The summed E-state index contributed by atoms with van der Waals surface area (Å²) in [6.45, 7) is 3.57. The molecule has 6 nitrogen and oxygen atoms in total. The molecule has 0 saturated carbocycles. The fourth-order valence-corrected chi connectivity index (χ4v) is 2.88. The van der Waals surface area contributed by atoms with Crippen LogP contribution in [0.4, 0.5) is 13.3 Å². The monoisotopic (exact) mass is 429 g/mol. The van der Waals surface area contributed by atoms with Gasteiger partial charge < -0.3 is 11.1 Å². The van der Waals surface area contributed by atoms with Gasteiger partial charge in [-0.2, -0.15) is 9.51 Å². The molecule has 0 aliphatic carbocycles. The van der Waals surface area contributed by atoms with E-state index in [0.717, 1.165) is 6.42 Å². The number of carbonyl (C=O) groups is 3. The Morgan fingerprint density at radius 3 is 2.27 bits per heavy atom. The molecule has 1 aromatic rings. The Balaban J connectivity index is 3.11. The average molecular weight is 429 g/mol. The van der Waals surface area contributed by atoms with E-state index in [-0.39, 0.29) is 24.4 Å². The molecule has 168 valence electrons. The minimum Gasteiger partial charge on any atom is -0.320 e. The third-order valence-electron chi connectivity index (χ3n) is 4.75. The first kappa shape index (κ1) is 25.6. The standard InChI is InChI=1S/C21H30F3N3O3/c1-3-5-12-16(25)19(29)27(24)17(14-15-10-8-7-9-11-15)18(28)26-21(23,20(22)30)13-6-4-2/h7-11,16-17H,3-6,12-14,25H2,1-2H3,(H,26,28)/t16-,17-,21-/m0/s1. The number of alkyl halides is 1. The largest absolute Gasteiger partial charge is 0.358 e. The molecule has 30 heavy (non-hydrogen) atoms. The number of unbranched alkanes of at least 4 members (excludes halogenated alkanes) is 2. The molecule has 3 atom stereocenters. The number of halogens is 3. The molecule has 0 bridgehead atoms. The third-order valence-corrected chi connectivity index (χ3v) is 4.75. The summed E-state index contributed by atoms with van der Waals surface area (Å²) in [7, 11) is 0. The zero-order chi connectivity index (χ0) is 22.7. The Kier molecular flexibility index (Phi) is 10.5. The van der Waals surface area contributed by atoms with E-state index in [1.54, 1.807) is 42.6 Å². The van der Waals surface area contributed by atoms with Crippen molar-refractivity contribution in [3.8, 4) is 0 Å². The summed E-state index contributed by atoms with van der Waals surface area (Å²) in [6.07, 6.45) is 1.19. The van der Waals surface area contributed by atoms with Crippen molar-refractivity contribution in [2.45, 2.75) is 76.7 Å². The van der Waals surface area contributed by atoms with Crippen molar-refractivity contribution < 1.29 is 27.6 Å². The fraction of sp³-hybridized carbons (Fsp3) is 0.571. The van der Waals surface area contributed by atoms with Crippen LogP contribution in [0.3, 0.4) is 0 Å². The second-order valence-corrected chi connectivity index (χ2v) is 7.27. The van der Waals surface area contributed by atoms with Gasteiger partial charge in [0.1, 0.15) is 6.04 Å². The molecule has 0 aliphatic rings. The van der Waals surface area contributed by atoms with Crippen LogP contribution >= 0.6 is 0 Å². The Hall–Kier alpha value is -2.42. The van der Waals surface area contributed by atoms with E-state index in [0.29, 0.717) is 18.4 Å². The molecule has 3 N–H and O–H groups in total. The molecule has 0 spiro atoms. The van der Waals surface area contributed by atoms with Gasteiger partial charge in [-0.05, 0) is 18.4 Å². The van der Waals surface area contributed by atoms with E-state index < -0.39 is 42.1 Å². The van der Waals surface area contributed by atoms with Gasteiger partial charge in [0, 0.05) is 12.8 Å². The molecule has 0 fully saturated rings. The smallest absolute Gasteiger partial charge is 0.320 e. The highest BCUT2D eigenvalue weighted by atomic mass is 19.2. The maximum absolute atomic E-state index is 14.9. The first-order chi connectivity index (χ1) is 14.2. The van der Waals surface area contributed by atoms with Crippen LogP contribution in [0.1, 0.15) is 57.9 Å². The lowest BCUT2D eigenvalue weighted by Crippen LogP contribution is -2.57. The van der Waals surface area contributed by atoms with Gasteiger partial charge in [0.25, 0.3) is 11.7 Å². The molecule has 1 rings (SSSR count). The van der Waals surface area contributed by atoms with Crippen LogP contribution in [0.2, 0.25) is 0 Å². The van der Waals surface area contributed by atoms with Crippen LogP contribution < -0.4 is 11.1 Å². The summed E-state index contributed by atoms with van der Waals surface area (Å²) in [5, 5.41) is 1.32. The zero-order valence-electron chi connectivity index (χ0n) is 17.4. The van der Waals surface area contributed by atoms with Crippen LogP contribution in [0.15, 0.2) is 30.3 Å². The summed E-state index contributed by atoms with van der Waals surface area (Å²) in [6, 6.07) is 2.81. The SMILES string of the molecule is CCCC[C@H](N)C(=O)N(F)[C@@H](Cc1ccccc1)C(=O)N[C@@](F)(CCCC)C(=O)F. The number of nitrogens with one attached hydrogen (secondary N) is 1. The lowest BCUT2D eigenvalue weighted by molar-refractivity contribution is -0.163. The van der Waals surface area contributed by atoms with Crippen molar-refractivity contribution in [2.75, 3.05) is 0 Å². The van der Waals surface area contributed by atoms with Crippen LogP contribution in [0.5, 0.6) is 0 Å². The summed E-state index contributed by atoms with van der Waals surface area (Å²) in [4.78, 5) is 36.2. The quantitative estimate of drug-likeness (QED) is 0.286. The molecule has 0 saturated heterocycles. The van der Waals surface area contributed by atoms with E-state index in [4.69, 9.17) is 5.73 Å². The number of hydrogen-bond donors (Lipinski definition) is 2. The third kappa shape index (κ3) is 7.44. The lowest BCUT2D eigenvalue weighted by Gasteiger charge is -2.28. The number of nitrogens with two attached hydrogens (primary N) is 1. The van der Waals surface area contributed by atoms with Gasteiger partial charge in [-0.15, -0.1) is 0 Å². The number of carbonyl (C=O) groups excluding carboxylic acids is 3. The van der Waals surface area contributed by atoms with E-state index in [1.165, 1.54) is 0 Å². The van der Waals surface area contributed by atoms with Gasteiger partial charge >= 0.3 is 6.04 Å². The maximum Gasteiger partial charge on any atom is 0.358 e. The highest BCUT2D eigenvalue weighted by Gasteiger charge is 2.43. The van der Waals surface area contributed by atoms with E-state index in [2.05, 4.69) is 0 Å². The first-order valence-corrected chi connectivity index (χ1v) is 10.2. The van der Waals surface area contributed by atoms with Gasteiger partial charge in [0.2, 0.25) is 5.91 Å². The number of amides is 2. The number of hydrogen-bond acceptors (Lipinski definition) is 4. The Morgan fingerprint density at radius 2 is 1.73 bits per heavy atom. The molecule has 0 unspecified atom stereocenters. The molecule has 0 aromatic heterocycles. The summed E-state index contributed by atoms with van der Waals surface area (Å²) < 4.78 is 43.0. The molecule has 0 heterocycles.